The second-order valence-corrected chi connectivity index (χ2v) is 3.85. The van der Waals surface area contributed by atoms with Crippen molar-refractivity contribution in [3.8, 4) is 5.75 Å². The first-order chi connectivity index (χ1) is 6.86. The summed E-state index contributed by atoms with van der Waals surface area (Å²) in [6.45, 7) is 0.370. The fraction of sp³-hybridized carbons (Fsp3) is 0.200. The molecule has 3 nitrogen and oxygen atoms in total. The molecule has 14 heavy (non-hydrogen) atoms. The van der Waals surface area contributed by atoms with E-state index in [2.05, 4.69) is 10.9 Å². The maximum absolute atomic E-state index is 5.34. The van der Waals surface area contributed by atoms with Gasteiger partial charge < -0.3 is 4.74 Å². The average Bonchev–Trinajstić information content (AvgIpc) is 2.66. The van der Waals surface area contributed by atoms with E-state index in [1.54, 1.807) is 18.4 Å². The lowest BCUT2D eigenvalue weighted by Gasteiger charge is -2.08. The summed E-state index contributed by atoms with van der Waals surface area (Å²) in [5.74, 6) is 5.91. The van der Waals surface area contributed by atoms with E-state index in [9.17, 15) is 0 Å². The first-order valence-electron chi connectivity index (χ1n) is 4.21. The minimum Gasteiger partial charge on any atom is -0.496 e. The van der Waals surface area contributed by atoms with Crippen LogP contribution in [0, 0.1) is 0 Å². The second kappa shape index (κ2) is 3.96. The van der Waals surface area contributed by atoms with Crippen molar-refractivity contribution in [2.24, 2.45) is 5.90 Å². The van der Waals surface area contributed by atoms with Crippen LogP contribution in [-0.2, 0) is 11.4 Å². The van der Waals surface area contributed by atoms with Crippen molar-refractivity contribution >= 4 is 21.4 Å². The summed E-state index contributed by atoms with van der Waals surface area (Å²) >= 11 is 1.69. The molecule has 0 radical (unpaired) electrons. The lowest BCUT2D eigenvalue weighted by Crippen LogP contribution is -2.00. The van der Waals surface area contributed by atoms with Crippen LogP contribution < -0.4 is 10.6 Å². The van der Waals surface area contributed by atoms with Crippen LogP contribution in [0.4, 0.5) is 0 Å². The van der Waals surface area contributed by atoms with Crippen LogP contribution in [-0.4, -0.2) is 7.11 Å². The van der Waals surface area contributed by atoms with Gasteiger partial charge in [-0.1, -0.05) is 6.07 Å². The zero-order chi connectivity index (χ0) is 9.97. The molecule has 0 bridgehead atoms. The summed E-state index contributed by atoms with van der Waals surface area (Å²) in [4.78, 5) is 4.62. The predicted molar refractivity (Wildman–Crippen MR) is 57.4 cm³/mol. The molecule has 74 valence electrons. The lowest BCUT2D eigenvalue weighted by atomic mass is 10.1. The topological polar surface area (TPSA) is 44.5 Å². The van der Waals surface area contributed by atoms with E-state index in [4.69, 9.17) is 10.6 Å². The molecule has 1 aromatic carbocycles. The average molecular weight is 209 g/mol. The van der Waals surface area contributed by atoms with Crippen molar-refractivity contribution in [2.45, 2.75) is 6.61 Å². The van der Waals surface area contributed by atoms with Crippen LogP contribution in [0.3, 0.4) is 0 Å². The van der Waals surface area contributed by atoms with Gasteiger partial charge in [0, 0.05) is 15.6 Å². The predicted octanol–water partition coefficient (Wildman–Crippen LogP) is 2.30. The Morgan fingerprint density at radius 3 is 2.93 bits per heavy atom. The highest BCUT2D eigenvalue weighted by atomic mass is 32.1. The third-order valence-corrected chi connectivity index (χ3v) is 2.99. The first kappa shape index (κ1) is 9.45. The first-order valence-corrected chi connectivity index (χ1v) is 5.09. The SMILES string of the molecule is COc1c(CON)ccc2sccc12. The Kier molecular flexibility index (Phi) is 2.67. The van der Waals surface area contributed by atoms with Gasteiger partial charge in [-0.25, -0.2) is 5.90 Å². The molecule has 0 spiro atoms. The van der Waals surface area contributed by atoms with Crippen LogP contribution in [0.5, 0.6) is 5.75 Å². The van der Waals surface area contributed by atoms with E-state index in [1.807, 2.05) is 17.5 Å². The summed E-state index contributed by atoms with van der Waals surface area (Å²) in [6.07, 6.45) is 0. The maximum atomic E-state index is 5.34. The Hall–Kier alpha value is -1.10. The van der Waals surface area contributed by atoms with Gasteiger partial charge in [0.1, 0.15) is 5.75 Å². The number of nitrogens with two attached hydrogens (primary N) is 1. The molecule has 0 aliphatic heterocycles. The number of fused-ring (bicyclic) bond motifs is 1. The van der Waals surface area contributed by atoms with Gasteiger partial charge in [-0.3, -0.25) is 4.84 Å². The molecule has 0 amide bonds. The number of thiophene rings is 1. The molecule has 0 fully saturated rings. The fourth-order valence-corrected chi connectivity index (χ4v) is 2.29. The molecular weight excluding hydrogens is 198 g/mol. The van der Waals surface area contributed by atoms with Gasteiger partial charge in [-0.15, -0.1) is 11.3 Å². The van der Waals surface area contributed by atoms with Gasteiger partial charge >= 0.3 is 0 Å². The van der Waals surface area contributed by atoms with E-state index in [0.717, 1.165) is 16.7 Å². The Morgan fingerprint density at radius 2 is 2.21 bits per heavy atom. The number of methoxy groups -OCH3 is 1. The Balaban J connectivity index is 2.60. The quantitative estimate of drug-likeness (QED) is 0.789. The van der Waals surface area contributed by atoms with Gasteiger partial charge in [0.25, 0.3) is 0 Å². The van der Waals surface area contributed by atoms with E-state index in [0.29, 0.717) is 6.61 Å². The Labute approximate surface area is 86.0 Å². The molecule has 0 saturated carbocycles. The van der Waals surface area contributed by atoms with Gasteiger partial charge in [0.15, 0.2) is 0 Å². The minimum absolute atomic E-state index is 0.370. The van der Waals surface area contributed by atoms with Crippen LogP contribution >= 0.6 is 11.3 Å². The van der Waals surface area contributed by atoms with Gasteiger partial charge in [-0.2, -0.15) is 0 Å². The van der Waals surface area contributed by atoms with Crippen molar-refractivity contribution in [2.75, 3.05) is 7.11 Å². The molecule has 0 aliphatic rings. The van der Waals surface area contributed by atoms with E-state index in [1.165, 1.54) is 4.70 Å². The molecule has 2 rings (SSSR count). The smallest absolute Gasteiger partial charge is 0.133 e. The monoisotopic (exact) mass is 209 g/mol. The van der Waals surface area contributed by atoms with Gasteiger partial charge in [-0.05, 0) is 17.5 Å². The molecule has 1 heterocycles. The van der Waals surface area contributed by atoms with E-state index < -0.39 is 0 Å². The van der Waals surface area contributed by atoms with Gasteiger partial charge in [0.05, 0.1) is 13.7 Å². The normalized spacial score (nSPS) is 10.7. The molecule has 2 N–H and O–H groups in total. The van der Waals surface area contributed by atoms with Crippen LogP contribution in [0.25, 0.3) is 10.1 Å². The molecular formula is C10H11NO2S. The molecule has 0 atom stereocenters. The van der Waals surface area contributed by atoms with Gasteiger partial charge in [0.2, 0.25) is 0 Å². The Bertz CT molecular complexity index is 439. The lowest BCUT2D eigenvalue weighted by molar-refractivity contribution is 0.122. The van der Waals surface area contributed by atoms with Crippen LogP contribution in [0.15, 0.2) is 23.6 Å². The second-order valence-electron chi connectivity index (χ2n) is 2.90. The number of ether oxygens (including phenoxy) is 1. The molecule has 0 unspecified atom stereocenters. The maximum Gasteiger partial charge on any atom is 0.133 e. The van der Waals surface area contributed by atoms with E-state index in [-0.39, 0.29) is 0 Å². The highest BCUT2D eigenvalue weighted by molar-refractivity contribution is 7.17. The molecule has 4 heteroatoms. The summed E-state index contributed by atoms with van der Waals surface area (Å²) < 4.78 is 6.55. The third-order valence-electron chi connectivity index (χ3n) is 2.11. The Morgan fingerprint density at radius 1 is 1.36 bits per heavy atom. The van der Waals surface area contributed by atoms with Crippen molar-refractivity contribution in [3.05, 3.63) is 29.1 Å². The number of rotatable bonds is 3. The fourth-order valence-electron chi connectivity index (χ4n) is 1.51. The summed E-state index contributed by atoms with van der Waals surface area (Å²) in [7, 11) is 1.66. The third kappa shape index (κ3) is 1.48. The highest BCUT2D eigenvalue weighted by Gasteiger charge is 2.08. The number of benzene rings is 1. The zero-order valence-electron chi connectivity index (χ0n) is 7.82. The highest BCUT2D eigenvalue weighted by Crippen LogP contribution is 2.33. The summed E-state index contributed by atoms with van der Waals surface area (Å²) in [5, 5.41) is 3.16. The summed E-state index contributed by atoms with van der Waals surface area (Å²) in [5.41, 5.74) is 0.973. The van der Waals surface area contributed by atoms with Crippen molar-refractivity contribution in [3.63, 3.8) is 0 Å². The van der Waals surface area contributed by atoms with Crippen molar-refractivity contribution in [1.82, 2.24) is 0 Å². The molecule has 2 aromatic rings. The van der Waals surface area contributed by atoms with Crippen LogP contribution in [0.2, 0.25) is 0 Å². The molecule has 1 aromatic heterocycles. The largest absolute Gasteiger partial charge is 0.496 e. The zero-order valence-corrected chi connectivity index (χ0v) is 8.64. The van der Waals surface area contributed by atoms with Crippen molar-refractivity contribution in [1.29, 1.82) is 0 Å². The minimum atomic E-state index is 0.370. The van der Waals surface area contributed by atoms with E-state index >= 15 is 0 Å². The standard InChI is InChI=1S/C10H11NO2S/c1-12-10-7(6-13-11)2-3-9-8(10)4-5-14-9/h2-5H,6,11H2,1H3. The molecule has 0 aliphatic carbocycles. The van der Waals surface area contributed by atoms with Crippen LogP contribution in [0.1, 0.15) is 5.56 Å². The van der Waals surface area contributed by atoms with Crippen molar-refractivity contribution < 1.29 is 9.57 Å². The number of hydrogen-bond acceptors (Lipinski definition) is 4. The molecule has 0 saturated heterocycles. The summed E-state index contributed by atoms with van der Waals surface area (Å²) in [6, 6.07) is 6.07. The number of hydrogen-bond donors (Lipinski definition) is 1.